The maximum atomic E-state index is 13.1. The summed E-state index contributed by atoms with van der Waals surface area (Å²) in [6.45, 7) is 0.238. The van der Waals surface area contributed by atoms with Gasteiger partial charge in [-0.05, 0) is 37.1 Å². The fraction of sp³-hybridized carbons (Fsp3) is 0.438. The molecule has 26 heavy (non-hydrogen) atoms. The van der Waals surface area contributed by atoms with E-state index >= 15 is 0 Å². The summed E-state index contributed by atoms with van der Waals surface area (Å²) in [5.74, 6) is 0. The standard InChI is InChI=1S/C16H17ClF3N3O2S/c1-22-14(7-8-21-22)15-4-2-3-9-23(15)26(24,25)11-5-6-13(17)12(10-11)16(18,19)20/h5-8,10,15H,2-4,9H2,1H3. The molecule has 1 atom stereocenters. The average molecular weight is 408 g/mol. The molecule has 1 aliphatic rings. The van der Waals surface area contributed by atoms with Gasteiger partial charge < -0.3 is 0 Å². The molecule has 0 N–H and O–H groups in total. The van der Waals surface area contributed by atoms with Gasteiger partial charge in [0.25, 0.3) is 0 Å². The number of benzene rings is 1. The zero-order valence-corrected chi connectivity index (χ0v) is 15.4. The van der Waals surface area contributed by atoms with E-state index in [9.17, 15) is 21.6 Å². The fourth-order valence-corrected chi connectivity index (χ4v) is 5.14. The van der Waals surface area contributed by atoms with E-state index in [1.54, 1.807) is 24.0 Å². The van der Waals surface area contributed by atoms with Crippen molar-refractivity contribution >= 4 is 21.6 Å². The third-order valence-electron chi connectivity index (χ3n) is 4.50. The number of alkyl halides is 3. The van der Waals surface area contributed by atoms with Crippen LogP contribution in [0.2, 0.25) is 5.02 Å². The van der Waals surface area contributed by atoms with Crippen molar-refractivity contribution < 1.29 is 21.6 Å². The lowest BCUT2D eigenvalue weighted by Crippen LogP contribution is -2.39. The molecule has 2 heterocycles. The number of aromatic nitrogens is 2. The SMILES string of the molecule is Cn1nccc1C1CCCCN1S(=O)(=O)c1ccc(Cl)c(C(F)(F)F)c1. The van der Waals surface area contributed by atoms with Crippen LogP contribution in [0, 0.1) is 0 Å². The lowest BCUT2D eigenvalue weighted by molar-refractivity contribution is -0.137. The Hall–Kier alpha value is -1.58. The van der Waals surface area contributed by atoms with E-state index in [4.69, 9.17) is 11.6 Å². The molecule has 0 spiro atoms. The van der Waals surface area contributed by atoms with Gasteiger partial charge in [-0.15, -0.1) is 0 Å². The molecule has 1 aromatic carbocycles. The molecule has 1 saturated heterocycles. The fourth-order valence-electron chi connectivity index (χ4n) is 3.22. The van der Waals surface area contributed by atoms with Gasteiger partial charge in [0.15, 0.2) is 0 Å². The summed E-state index contributed by atoms with van der Waals surface area (Å²) in [6.07, 6.45) is -1.10. The van der Waals surface area contributed by atoms with Crippen LogP contribution in [0.1, 0.15) is 36.6 Å². The smallest absolute Gasteiger partial charge is 0.271 e. The summed E-state index contributed by atoms with van der Waals surface area (Å²) >= 11 is 5.61. The van der Waals surface area contributed by atoms with E-state index in [1.165, 1.54) is 4.31 Å². The van der Waals surface area contributed by atoms with Gasteiger partial charge in [0.05, 0.1) is 27.2 Å². The molecule has 0 bridgehead atoms. The number of halogens is 4. The van der Waals surface area contributed by atoms with Crippen molar-refractivity contribution in [2.45, 2.75) is 36.4 Å². The minimum atomic E-state index is -4.73. The quantitative estimate of drug-likeness (QED) is 0.772. The number of rotatable bonds is 3. The number of hydrogen-bond donors (Lipinski definition) is 0. The van der Waals surface area contributed by atoms with Gasteiger partial charge in [-0.2, -0.15) is 22.6 Å². The molecule has 10 heteroatoms. The van der Waals surface area contributed by atoms with Crippen molar-refractivity contribution in [2.24, 2.45) is 7.05 Å². The normalized spacial score (nSPS) is 19.7. The highest BCUT2D eigenvalue weighted by Crippen LogP contribution is 2.39. The topological polar surface area (TPSA) is 55.2 Å². The Labute approximate surface area is 154 Å². The first-order chi connectivity index (χ1) is 12.1. The highest BCUT2D eigenvalue weighted by Gasteiger charge is 2.38. The lowest BCUT2D eigenvalue weighted by Gasteiger charge is -2.34. The van der Waals surface area contributed by atoms with Crippen LogP contribution in [0.3, 0.4) is 0 Å². The first-order valence-electron chi connectivity index (χ1n) is 7.99. The molecule has 0 saturated carbocycles. The van der Waals surface area contributed by atoms with Crippen molar-refractivity contribution in [3.05, 3.63) is 46.7 Å². The van der Waals surface area contributed by atoms with Gasteiger partial charge in [0.1, 0.15) is 0 Å². The van der Waals surface area contributed by atoms with Crippen molar-refractivity contribution in [1.82, 2.24) is 14.1 Å². The molecule has 0 aliphatic carbocycles. The predicted molar refractivity (Wildman–Crippen MR) is 90.1 cm³/mol. The summed E-state index contributed by atoms with van der Waals surface area (Å²) < 4.78 is 68.3. The zero-order valence-electron chi connectivity index (χ0n) is 13.9. The Kier molecular flexibility index (Phi) is 5.06. The summed E-state index contributed by atoms with van der Waals surface area (Å²) in [4.78, 5) is -0.414. The van der Waals surface area contributed by atoms with Gasteiger partial charge in [0, 0.05) is 19.8 Å². The minimum Gasteiger partial charge on any atom is -0.271 e. The first-order valence-corrected chi connectivity index (χ1v) is 9.80. The summed E-state index contributed by atoms with van der Waals surface area (Å²) in [5, 5.41) is 3.54. The highest BCUT2D eigenvalue weighted by molar-refractivity contribution is 7.89. The Morgan fingerprint density at radius 3 is 2.58 bits per heavy atom. The van der Waals surface area contributed by atoms with Crippen LogP contribution in [-0.2, 0) is 23.2 Å². The van der Waals surface area contributed by atoms with Crippen LogP contribution in [-0.4, -0.2) is 29.0 Å². The van der Waals surface area contributed by atoms with Crippen molar-refractivity contribution in [2.75, 3.05) is 6.54 Å². The monoisotopic (exact) mass is 407 g/mol. The second kappa shape index (κ2) is 6.86. The predicted octanol–water partition coefficient (Wildman–Crippen LogP) is 4.01. The van der Waals surface area contributed by atoms with Gasteiger partial charge >= 0.3 is 6.18 Å². The molecule has 1 unspecified atom stereocenters. The van der Waals surface area contributed by atoms with Crippen LogP contribution >= 0.6 is 11.6 Å². The van der Waals surface area contributed by atoms with E-state index in [1.807, 2.05) is 0 Å². The Morgan fingerprint density at radius 2 is 1.96 bits per heavy atom. The molecule has 1 aliphatic heterocycles. The van der Waals surface area contributed by atoms with E-state index in [0.29, 0.717) is 24.6 Å². The largest absolute Gasteiger partial charge is 0.417 e. The number of aryl methyl sites for hydroxylation is 1. The first kappa shape index (κ1) is 19.2. The van der Waals surface area contributed by atoms with Gasteiger partial charge in [-0.1, -0.05) is 18.0 Å². The van der Waals surface area contributed by atoms with Crippen LogP contribution in [0.4, 0.5) is 13.2 Å². The molecule has 142 valence electrons. The maximum absolute atomic E-state index is 13.1. The van der Waals surface area contributed by atoms with E-state index in [2.05, 4.69) is 5.10 Å². The van der Waals surface area contributed by atoms with Gasteiger partial charge in [0.2, 0.25) is 10.0 Å². The molecule has 0 radical (unpaired) electrons. The van der Waals surface area contributed by atoms with Crippen LogP contribution in [0.5, 0.6) is 0 Å². The van der Waals surface area contributed by atoms with Crippen LogP contribution < -0.4 is 0 Å². The molecule has 5 nitrogen and oxygen atoms in total. The summed E-state index contributed by atoms with van der Waals surface area (Å²) in [6, 6.07) is 3.95. The Bertz CT molecular complexity index is 912. The average Bonchev–Trinajstić information content (AvgIpc) is 3.00. The molecular formula is C16H17ClF3N3O2S. The molecule has 3 rings (SSSR count). The van der Waals surface area contributed by atoms with Gasteiger partial charge in [-0.3, -0.25) is 4.68 Å². The van der Waals surface area contributed by atoms with Crippen molar-refractivity contribution in [3.8, 4) is 0 Å². The third kappa shape index (κ3) is 3.47. The molecule has 1 aromatic heterocycles. The molecule has 1 fully saturated rings. The number of piperidine rings is 1. The van der Waals surface area contributed by atoms with E-state index in [-0.39, 0.29) is 6.54 Å². The van der Waals surface area contributed by atoms with E-state index < -0.39 is 37.7 Å². The Morgan fingerprint density at radius 1 is 1.23 bits per heavy atom. The zero-order chi connectivity index (χ0) is 19.1. The number of hydrogen-bond acceptors (Lipinski definition) is 3. The second-order valence-electron chi connectivity index (χ2n) is 6.15. The number of nitrogens with zero attached hydrogens (tertiary/aromatic N) is 3. The van der Waals surface area contributed by atoms with E-state index in [0.717, 1.165) is 18.6 Å². The van der Waals surface area contributed by atoms with Crippen molar-refractivity contribution in [1.29, 1.82) is 0 Å². The molecular weight excluding hydrogens is 391 g/mol. The Balaban J connectivity index is 2.05. The second-order valence-corrected chi connectivity index (χ2v) is 8.44. The summed E-state index contributed by atoms with van der Waals surface area (Å²) in [5.41, 5.74) is -0.451. The van der Waals surface area contributed by atoms with Crippen LogP contribution in [0.25, 0.3) is 0 Å². The lowest BCUT2D eigenvalue weighted by atomic mass is 10.0. The number of sulfonamides is 1. The molecule has 0 amide bonds. The minimum absolute atomic E-state index is 0.238. The van der Waals surface area contributed by atoms with Gasteiger partial charge in [-0.25, -0.2) is 8.42 Å². The molecule has 2 aromatic rings. The van der Waals surface area contributed by atoms with Crippen molar-refractivity contribution in [3.63, 3.8) is 0 Å². The third-order valence-corrected chi connectivity index (χ3v) is 6.74. The maximum Gasteiger partial charge on any atom is 0.417 e. The summed E-state index contributed by atoms with van der Waals surface area (Å²) in [7, 11) is -2.41. The highest BCUT2D eigenvalue weighted by atomic mass is 35.5. The van der Waals surface area contributed by atoms with Crippen LogP contribution in [0.15, 0.2) is 35.4 Å².